The van der Waals surface area contributed by atoms with Gasteiger partial charge in [-0.1, -0.05) is 0 Å². The van der Waals surface area contributed by atoms with E-state index in [1.807, 2.05) is 0 Å². The van der Waals surface area contributed by atoms with Crippen LogP contribution < -0.4 is 0 Å². The molecule has 1 aromatic rings. The molecule has 0 bridgehead atoms. The van der Waals surface area contributed by atoms with Crippen molar-refractivity contribution >= 4 is 61.1 Å². The van der Waals surface area contributed by atoms with Crippen molar-refractivity contribution in [3.05, 3.63) is 29.3 Å². The Morgan fingerprint density at radius 2 is 0.893 bits per heavy atom. The van der Waals surface area contributed by atoms with Crippen LogP contribution in [-0.2, 0) is 0 Å². The first kappa shape index (κ1) is 27.4. The molecule has 0 N–H and O–H groups in total. The van der Waals surface area contributed by atoms with E-state index in [-0.39, 0.29) is 0 Å². The minimum absolute atomic E-state index is 0.843. The van der Waals surface area contributed by atoms with Crippen molar-refractivity contribution in [1.82, 2.24) is 0 Å². The van der Waals surface area contributed by atoms with Crippen molar-refractivity contribution in [3.8, 4) is 0 Å². The van der Waals surface area contributed by atoms with Gasteiger partial charge in [0.05, 0.1) is 0 Å². The van der Waals surface area contributed by atoms with E-state index in [1.54, 1.807) is 16.0 Å². The zero-order valence-electron chi connectivity index (χ0n) is 21.2. The Hall–Kier alpha value is 1.32. The van der Waals surface area contributed by atoms with Gasteiger partial charge in [-0.15, -0.1) is 0 Å². The van der Waals surface area contributed by atoms with Crippen LogP contribution in [0.25, 0.3) is 0 Å². The normalized spacial score (nSPS) is 14.5. The average molecular weight is 665 g/mol. The Labute approximate surface area is 192 Å². The quantitative estimate of drug-likeness (QED) is 0.251. The number of hydrogen-bond acceptors (Lipinski definition) is 1. The maximum atomic E-state index is 2.61. The monoisotopic (exact) mass is 664 g/mol. The Morgan fingerprint density at radius 3 is 1.11 bits per heavy atom. The number of hydrogen-bond donors (Lipinski definition) is 0. The van der Waals surface area contributed by atoms with Crippen molar-refractivity contribution in [1.29, 1.82) is 0 Å². The predicted molar refractivity (Wildman–Crippen MR) is 149 cm³/mol. The fourth-order valence-electron chi connectivity index (χ4n) is 5.78. The molecule has 0 spiro atoms. The van der Waals surface area contributed by atoms with Crippen molar-refractivity contribution in [2.75, 3.05) is 0 Å². The van der Waals surface area contributed by atoms with Gasteiger partial charge in [-0.25, -0.2) is 0 Å². The van der Waals surface area contributed by atoms with Crippen LogP contribution in [0.3, 0.4) is 0 Å². The van der Waals surface area contributed by atoms with Gasteiger partial charge in [0.15, 0.2) is 0 Å². The first-order valence-corrected chi connectivity index (χ1v) is 37.1. The summed E-state index contributed by atoms with van der Waals surface area (Å²) < 4.78 is 5.16. The maximum absolute atomic E-state index is 2.61. The summed E-state index contributed by atoms with van der Waals surface area (Å²) in [5.41, 5.74) is 3.54. The van der Waals surface area contributed by atoms with Gasteiger partial charge in [-0.2, -0.15) is 0 Å². The predicted octanol–water partition coefficient (Wildman–Crippen LogP) is 8.71. The summed E-state index contributed by atoms with van der Waals surface area (Å²) in [6, 6.07) is 7.53. The van der Waals surface area contributed by atoms with Crippen LogP contribution in [-0.4, -0.2) is 52.6 Å². The van der Waals surface area contributed by atoms with Crippen molar-refractivity contribution in [2.24, 2.45) is 0 Å². The molecular formula is C22H47BiSSi4. The molecule has 0 amide bonds. The van der Waals surface area contributed by atoms with Gasteiger partial charge in [-0.05, 0) is 0 Å². The van der Waals surface area contributed by atoms with Gasteiger partial charge < -0.3 is 0 Å². The molecule has 0 aliphatic heterocycles. The minimum atomic E-state index is -1.43. The van der Waals surface area contributed by atoms with Crippen molar-refractivity contribution in [2.45, 2.75) is 103 Å². The Bertz CT molecular complexity index is 583. The second-order valence-electron chi connectivity index (χ2n) is 13.0. The van der Waals surface area contributed by atoms with Gasteiger partial charge >= 0.3 is 193 Å². The standard InChI is InChI=1S/C20H42SSi4.2CH3.Bi/c1-22(2,3)19(23(4,5)6)16-14-13-15-17(18(16)21)20(24(7,8)9)25(10,11)12;;;/h13-15,19-21H,1-12H3;2*1H3;/q;;;+1/p-1. The molecule has 0 saturated carbocycles. The molecule has 0 unspecified atom stereocenters. The third-order valence-electron chi connectivity index (χ3n) is 5.44. The fraction of sp³-hybridized carbons (Fsp3) is 0.727. The second-order valence-corrected chi connectivity index (χ2v) is 50.8. The Kier molecular flexibility index (Phi) is 9.22. The second kappa shape index (κ2) is 9.44. The zero-order valence-corrected chi connectivity index (χ0v) is 29.5. The van der Waals surface area contributed by atoms with E-state index in [1.165, 1.54) is 0 Å². The van der Waals surface area contributed by atoms with Gasteiger partial charge in [0.25, 0.3) is 0 Å². The summed E-state index contributed by atoms with van der Waals surface area (Å²) in [5.74, 6) is 0. The van der Waals surface area contributed by atoms with Crippen LogP contribution in [0.4, 0.5) is 0 Å². The number of benzene rings is 1. The van der Waals surface area contributed by atoms with Crippen molar-refractivity contribution < 1.29 is 0 Å². The molecule has 1 aromatic carbocycles. The molecule has 0 nitrogen and oxygen atoms in total. The fourth-order valence-corrected chi connectivity index (χ4v) is 39.3. The van der Waals surface area contributed by atoms with Crippen LogP contribution in [0.15, 0.2) is 23.1 Å². The Morgan fingerprint density at radius 1 is 0.607 bits per heavy atom. The molecule has 28 heavy (non-hydrogen) atoms. The summed E-state index contributed by atoms with van der Waals surface area (Å²) in [6.07, 6.45) is 0. The van der Waals surface area contributed by atoms with E-state index in [2.05, 4.69) is 115 Å². The average Bonchev–Trinajstić information content (AvgIpc) is 2.35. The topological polar surface area (TPSA) is 0 Å². The first-order valence-electron chi connectivity index (χ1n) is 10.8. The molecule has 0 fully saturated rings. The van der Waals surface area contributed by atoms with Gasteiger partial charge in [0.1, 0.15) is 0 Å². The van der Waals surface area contributed by atoms with Gasteiger partial charge in [-0.3, -0.25) is 0 Å². The summed E-state index contributed by atoms with van der Waals surface area (Å²) in [4.78, 5) is 1.77. The van der Waals surface area contributed by atoms with E-state index < -0.39 is 52.6 Å². The summed E-state index contributed by atoms with van der Waals surface area (Å²) in [5, 5.41) is 1.69. The summed E-state index contributed by atoms with van der Waals surface area (Å²) in [7, 11) is -2.84. The SMILES string of the molecule is [CH3][Bi]([CH3])[S]c1c(C([Si](C)(C)C)[Si](C)(C)C)cccc1C([Si](C)(C)C)[Si](C)(C)C. The van der Waals surface area contributed by atoms with E-state index in [0.717, 1.165) is 10.3 Å². The summed E-state index contributed by atoms with van der Waals surface area (Å²) in [6.45, 7) is 31.4. The molecule has 0 heterocycles. The van der Waals surface area contributed by atoms with Crippen LogP contribution in [0.2, 0.25) is 87.8 Å². The number of rotatable bonds is 8. The molecule has 0 radical (unpaired) electrons. The molecule has 0 aliphatic rings. The van der Waals surface area contributed by atoms with E-state index in [4.69, 9.17) is 0 Å². The van der Waals surface area contributed by atoms with Crippen molar-refractivity contribution in [3.63, 3.8) is 0 Å². The molecule has 0 atom stereocenters. The van der Waals surface area contributed by atoms with E-state index in [9.17, 15) is 0 Å². The molecule has 0 aliphatic carbocycles. The van der Waals surface area contributed by atoms with Crippen LogP contribution in [0.1, 0.15) is 21.5 Å². The van der Waals surface area contributed by atoms with Crippen LogP contribution >= 0.6 is 8.52 Å². The molecule has 0 saturated heterocycles. The van der Waals surface area contributed by atoms with Gasteiger partial charge in [0, 0.05) is 0 Å². The molecule has 162 valence electrons. The zero-order chi connectivity index (χ0) is 22.3. The molecule has 0 aromatic heterocycles. The third kappa shape index (κ3) is 7.19. The van der Waals surface area contributed by atoms with Gasteiger partial charge in [0.2, 0.25) is 0 Å². The molecular weight excluding hydrogens is 618 g/mol. The van der Waals surface area contributed by atoms with Crippen LogP contribution in [0, 0.1) is 0 Å². The van der Waals surface area contributed by atoms with E-state index in [0.29, 0.717) is 0 Å². The third-order valence-corrected chi connectivity index (χ3v) is 31.4. The Balaban J connectivity index is 3.91. The molecule has 6 heteroatoms. The first-order chi connectivity index (χ1) is 12.3. The summed E-state index contributed by atoms with van der Waals surface area (Å²) >= 11 is -1.43. The molecule has 1 rings (SSSR count). The van der Waals surface area contributed by atoms with E-state index >= 15 is 0 Å². The van der Waals surface area contributed by atoms with Crippen LogP contribution in [0.5, 0.6) is 0 Å².